The summed E-state index contributed by atoms with van der Waals surface area (Å²) in [6, 6.07) is 8.11. The van der Waals surface area contributed by atoms with Gasteiger partial charge in [0, 0.05) is 12.2 Å². The van der Waals surface area contributed by atoms with Gasteiger partial charge in [0.2, 0.25) is 5.91 Å². The van der Waals surface area contributed by atoms with Crippen LogP contribution in [-0.4, -0.2) is 37.0 Å². The van der Waals surface area contributed by atoms with Gasteiger partial charge in [-0.25, -0.2) is 0 Å². The van der Waals surface area contributed by atoms with Gasteiger partial charge in [-0.1, -0.05) is 26.0 Å². The summed E-state index contributed by atoms with van der Waals surface area (Å²) in [6.45, 7) is 7.44. The Bertz CT molecular complexity index is 461. The Balaban J connectivity index is 0.00000242. The van der Waals surface area contributed by atoms with E-state index in [-0.39, 0.29) is 18.3 Å². The Kier molecular flexibility index (Phi) is 7.87. The molecule has 124 valence electrons. The summed E-state index contributed by atoms with van der Waals surface area (Å²) in [5, 5.41) is 2.98. The van der Waals surface area contributed by atoms with Crippen LogP contribution in [0.4, 0.5) is 5.69 Å². The van der Waals surface area contributed by atoms with Crippen molar-refractivity contribution < 1.29 is 4.79 Å². The van der Waals surface area contributed by atoms with Crippen LogP contribution in [0.25, 0.3) is 0 Å². The highest BCUT2D eigenvalue weighted by Gasteiger charge is 2.20. The lowest BCUT2D eigenvalue weighted by Crippen LogP contribution is -2.42. The number of anilines is 1. The number of nitrogens with one attached hydrogen (secondary N) is 1. The first-order valence-electron chi connectivity index (χ1n) is 7.90. The number of carbonyl (C=O) groups excluding carboxylic acids is 1. The fourth-order valence-corrected chi connectivity index (χ4v) is 2.84. The first kappa shape index (κ1) is 18.9. The molecule has 5 heteroatoms. The van der Waals surface area contributed by atoms with Crippen molar-refractivity contribution in [2.75, 3.05) is 31.5 Å². The van der Waals surface area contributed by atoms with Gasteiger partial charge in [0.15, 0.2) is 0 Å². The molecule has 4 nitrogen and oxygen atoms in total. The number of benzene rings is 1. The number of likely N-dealkylation sites (tertiary alicyclic amines) is 1. The molecule has 0 spiro atoms. The predicted molar refractivity (Wildman–Crippen MR) is 94.6 cm³/mol. The zero-order valence-electron chi connectivity index (χ0n) is 13.5. The maximum Gasteiger partial charge on any atom is 0.238 e. The molecule has 1 aliphatic heterocycles. The van der Waals surface area contributed by atoms with Gasteiger partial charge in [-0.05, 0) is 55.5 Å². The largest absolute Gasteiger partial charge is 0.330 e. The second-order valence-electron chi connectivity index (χ2n) is 6.30. The van der Waals surface area contributed by atoms with Crippen molar-refractivity contribution in [2.24, 2.45) is 11.7 Å². The van der Waals surface area contributed by atoms with Crippen LogP contribution in [0, 0.1) is 5.92 Å². The van der Waals surface area contributed by atoms with E-state index < -0.39 is 0 Å². The standard InChI is InChI=1S/C17H27N3O.ClH/c1-13(2)15-5-7-16(8-6-15)19-17(21)12-20-9-3-4-14(10-18)11-20;/h5-8,13-14H,3-4,9-12,18H2,1-2H3,(H,19,21);1H. The average molecular weight is 326 g/mol. The van der Waals surface area contributed by atoms with Gasteiger partial charge in [-0.3, -0.25) is 9.69 Å². The van der Waals surface area contributed by atoms with E-state index in [0.29, 0.717) is 18.4 Å². The van der Waals surface area contributed by atoms with E-state index in [1.165, 1.54) is 12.0 Å². The molecule has 1 unspecified atom stereocenters. The molecule has 2 rings (SSSR count). The third kappa shape index (κ3) is 5.59. The zero-order valence-corrected chi connectivity index (χ0v) is 14.4. The fraction of sp³-hybridized carbons (Fsp3) is 0.588. The number of nitrogens with two attached hydrogens (primary N) is 1. The van der Waals surface area contributed by atoms with Crippen molar-refractivity contribution >= 4 is 24.0 Å². The summed E-state index contributed by atoms with van der Waals surface area (Å²) in [7, 11) is 0. The van der Waals surface area contributed by atoms with Gasteiger partial charge in [0.1, 0.15) is 0 Å². The molecule has 1 atom stereocenters. The van der Waals surface area contributed by atoms with E-state index in [9.17, 15) is 4.79 Å². The highest BCUT2D eigenvalue weighted by Crippen LogP contribution is 2.18. The normalized spacial score (nSPS) is 18.8. The molecule has 0 saturated carbocycles. The molecule has 1 amide bonds. The Morgan fingerprint density at radius 1 is 1.36 bits per heavy atom. The third-order valence-electron chi connectivity index (χ3n) is 4.16. The summed E-state index contributed by atoms with van der Waals surface area (Å²) in [6.07, 6.45) is 2.32. The fourth-order valence-electron chi connectivity index (χ4n) is 2.84. The molecule has 1 aromatic rings. The minimum Gasteiger partial charge on any atom is -0.330 e. The quantitative estimate of drug-likeness (QED) is 0.875. The van der Waals surface area contributed by atoms with Crippen LogP contribution < -0.4 is 11.1 Å². The predicted octanol–water partition coefficient (Wildman–Crippen LogP) is 2.84. The summed E-state index contributed by atoms with van der Waals surface area (Å²) < 4.78 is 0. The molecular weight excluding hydrogens is 298 g/mol. The summed E-state index contributed by atoms with van der Waals surface area (Å²) in [4.78, 5) is 14.3. The topological polar surface area (TPSA) is 58.4 Å². The van der Waals surface area contributed by atoms with Crippen molar-refractivity contribution in [1.82, 2.24) is 4.90 Å². The molecule has 0 bridgehead atoms. The lowest BCUT2D eigenvalue weighted by atomic mass is 9.98. The number of halogens is 1. The molecule has 22 heavy (non-hydrogen) atoms. The average Bonchev–Trinajstić information content (AvgIpc) is 2.47. The van der Waals surface area contributed by atoms with Crippen LogP contribution in [0.5, 0.6) is 0 Å². The molecular formula is C17H28ClN3O. The third-order valence-corrected chi connectivity index (χ3v) is 4.16. The number of piperidine rings is 1. The number of hydrogen-bond acceptors (Lipinski definition) is 3. The van der Waals surface area contributed by atoms with E-state index in [1.54, 1.807) is 0 Å². The van der Waals surface area contributed by atoms with E-state index in [0.717, 1.165) is 31.7 Å². The van der Waals surface area contributed by atoms with Gasteiger partial charge in [-0.15, -0.1) is 12.4 Å². The van der Waals surface area contributed by atoms with E-state index in [2.05, 4.69) is 36.2 Å². The Morgan fingerprint density at radius 3 is 2.64 bits per heavy atom. The lowest BCUT2D eigenvalue weighted by molar-refractivity contribution is -0.117. The molecule has 0 radical (unpaired) electrons. The molecule has 1 aliphatic rings. The molecule has 1 heterocycles. The molecule has 1 aromatic carbocycles. The van der Waals surface area contributed by atoms with Gasteiger partial charge in [-0.2, -0.15) is 0 Å². The highest BCUT2D eigenvalue weighted by molar-refractivity contribution is 5.92. The number of rotatable bonds is 5. The second kappa shape index (κ2) is 9.13. The number of hydrogen-bond donors (Lipinski definition) is 2. The first-order chi connectivity index (χ1) is 10.1. The van der Waals surface area contributed by atoms with Gasteiger partial charge in [0.05, 0.1) is 6.54 Å². The Morgan fingerprint density at radius 2 is 2.05 bits per heavy atom. The van der Waals surface area contributed by atoms with Gasteiger partial charge < -0.3 is 11.1 Å². The van der Waals surface area contributed by atoms with E-state index in [4.69, 9.17) is 5.73 Å². The Hall–Kier alpha value is -1.10. The smallest absolute Gasteiger partial charge is 0.238 e. The van der Waals surface area contributed by atoms with Crippen LogP contribution in [-0.2, 0) is 4.79 Å². The second-order valence-corrected chi connectivity index (χ2v) is 6.30. The molecule has 1 saturated heterocycles. The van der Waals surface area contributed by atoms with Crippen LogP contribution in [0.3, 0.4) is 0 Å². The van der Waals surface area contributed by atoms with Crippen molar-refractivity contribution in [3.05, 3.63) is 29.8 Å². The van der Waals surface area contributed by atoms with Crippen molar-refractivity contribution in [2.45, 2.75) is 32.6 Å². The number of carbonyl (C=O) groups is 1. The maximum atomic E-state index is 12.1. The minimum atomic E-state index is 0. The zero-order chi connectivity index (χ0) is 15.2. The molecule has 0 aromatic heterocycles. The Labute approximate surface area is 139 Å². The van der Waals surface area contributed by atoms with Crippen molar-refractivity contribution in [1.29, 1.82) is 0 Å². The lowest BCUT2D eigenvalue weighted by Gasteiger charge is -2.31. The van der Waals surface area contributed by atoms with Crippen molar-refractivity contribution in [3.63, 3.8) is 0 Å². The van der Waals surface area contributed by atoms with Gasteiger partial charge in [0.25, 0.3) is 0 Å². The van der Waals surface area contributed by atoms with Gasteiger partial charge >= 0.3 is 0 Å². The summed E-state index contributed by atoms with van der Waals surface area (Å²) in [5.74, 6) is 1.11. The first-order valence-corrected chi connectivity index (χ1v) is 7.90. The summed E-state index contributed by atoms with van der Waals surface area (Å²) in [5.41, 5.74) is 7.89. The summed E-state index contributed by atoms with van der Waals surface area (Å²) >= 11 is 0. The highest BCUT2D eigenvalue weighted by atomic mass is 35.5. The van der Waals surface area contributed by atoms with E-state index in [1.807, 2.05) is 12.1 Å². The van der Waals surface area contributed by atoms with Crippen LogP contribution >= 0.6 is 12.4 Å². The van der Waals surface area contributed by atoms with Crippen LogP contribution in [0.1, 0.15) is 38.2 Å². The molecule has 0 aliphatic carbocycles. The molecule has 1 fully saturated rings. The van der Waals surface area contributed by atoms with Crippen LogP contribution in [0.15, 0.2) is 24.3 Å². The van der Waals surface area contributed by atoms with Crippen molar-refractivity contribution in [3.8, 4) is 0 Å². The maximum absolute atomic E-state index is 12.1. The minimum absolute atomic E-state index is 0. The van der Waals surface area contributed by atoms with Crippen LogP contribution in [0.2, 0.25) is 0 Å². The monoisotopic (exact) mass is 325 g/mol. The van der Waals surface area contributed by atoms with E-state index >= 15 is 0 Å². The molecule has 3 N–H and O–H groups in total. The SMILES string of the molecule is CC(C)c1ccc(NC(=O)CN2CCCC(CN)C2)cc1.Cl. The number of nitrogens with zero attached hydrogens (tertiary/aromatic N) is 1. The number of amides is 1.